The van der Waals surface area contributed by atoms with Gasteiger partial charge in [-0.15, -0.1) is 0 Å². The van der Waals surface area contributed by atoms with Crippen molar-refractivity contribution in [3.63, 3.8) is 0 Å². The van der Waals surface area contributed by atoms with E-state index in [4.69, 9.17) is 21.1 Å². The van der Waals surface area contributed by atoms with Crippen molar-refractivity contribution in [2.45, 2.75) is 45.3 Å². The lowest BCUT2D eigenvalue weighted by Crippen LogP contribution is -2.35. The Morgan fingerprint density at radius 2 is 2.08 bits per heavy atom. The van der Waals surface area contributed by atoms with Crippen LogP contribution in [-0.2, 0) is 9.47 Å². The molecule has 2 heterocycles. The van der Waals surface area contributed by atoms with Crippen molar-refractivity contribution in [1.82, 2.24) is 14.6 Å². The number of fused-ring (bicyclic) bond motifs is 1. The number of ketones is 1. The highest BCUT2D eigenvalue weighted by Gasteiger charge is 2.26. The molecule has 3 rings (SSSR count). The number of anilines is 1. The summed E-state index contributed by atoms with van der Waals surface area (Å²) in [5.74, 6) is 0.115. The molecule has 0 atom stereocenters. The number of hydrogen-bond donors (Lipinski definition) is 0. The number of nitrogens with zero attached hydrogens (tertiary/aromatic N) is 4. The van der Waals surface area contributed by atoms with E-state index in [2.05, 4.69) is 10.1 Å². The zero-order valence-corrected chi connectivity index (χ0v) is 15.9. The third kappa shape index (κ3) is 4.13. The Morgan fingerprint density at radius 1 is 1.38 bits per heavy atom. The van der Waals surface area contributed by atoms with Gasteiger partial charge in [-0.2, -0.15) is 9.61 Å². The smallest absolute Gasteiger partial charge is 0.415 e. The summed E-state index contributed by atoms with van der Waals surface area (Å²) >= 11 is 6.10. The number of Topliss-reactive ketones (excluding diaryl/α,β-unsaturated/α-hetero) is 1. The first-order valence-electron chi connectivity index (χ1n) is 8.31. The van der Waals surface area contributed by atoms with Crippen LogP contribution in [0, 0.1) is 0 Å². The van der Waals surface area contributed by atoms with E-state index in [0.717, 1.165) is 12.8 Å². The van der Waals surface area contributed by atoms with Crippen LogP contribution in [0.25, 0.3) is 5.65 Å². The highest BCUT2D eigenvalue weighted by atomic mass is 35.5. The van der Waals surface area contributed by atoms with Crippen molar-refractivity contribution in [1.29, 1.82) is 0 Å². The summed E-state index contributed by atoms with van der Waals surface area (Å²) in [6.07, 6.45) is 2.98. The minimum atomic E-state index is -0.646. The number of carbonyl (C=O) groups excluding carboxylic acids is 2. The van der Waals surface area contributed by atoms with Gasteiger partial charge < -0.3 is 9.47 Å². The number of ether oxygens (including phenoxy) is 2. The monoisotopic (exact) mass is 380 g/mol. The maximum Gasteiger partial charge on any atom is 0.415 e. The fraction of sp³-hybridized carbons (Fsp3) is 0.529. The topological polar surface area (TPSA) is 86.0 Å². The molecule has 1 aliphatic rings. The van der Waals surface area contributed by atoms with Gasteiger partial charge in [0.25, 0.3) is 0 Å². The van der Waals surface area contributed by atoms with Gasteiger partial charge in [-0.3, -0.25) is 9.69 Å². The molecular weight excluding hydrogens is 360 g/mol. The van der Waals surface area contributed by atoms with Crippen LogP contribution < -0.4 is 4.90 Å². The van der Waals surface area contributed by atoms with E-state index >= 15 is 0 Å². The van der Waals surface area contributed by atoms with E-state index < -0.39 is 11.7 Å². The molecule has 1 aliphatic carbocycles. The summed E-state index contributed by atoms with van der Waals surface area (Å²) in [5.41, 5.74) is -0.0774. The van der Waals surface area contributed by atoms with E-state index in [0.29, 0.717) is 11.4 Å². The summed E-state index contributed by atoms with van der Waals surface area (Å²) in [6.45, 7) is 5.30. The Hall–Kier alpha value is -2.19. The van der Waals surface area contributed by atoms with Crippen molar-refractivity contribution in [3.8, 4) is 0 Å². The van der Waals surface area contributed by atoms with Gasteiger partial charge in [-0.1, -0.05) is 11.6 Å². The Morgan fingerprint density at radius 3 is 2.69 bits per heavy atom. The summed E-state index contributed by atoms with van der Waals surface area (Å²) in [5, 5.41) is 4.33. The van der Waals surface area contributed by atoms with Crippen LogP contribution in [-0.4, -0.2) is 51.8 Å². The summed E-state index contributed by atoms with van der Waals surface area (Å²) < 4.78 is 12.2. The molecule has 1 saturated carbocycles. The van der Waals surface area contributed by atoms with Gasteiger partial charge in [0.1, 0.15) is 23.2 Å². The lowest BCUT2D eigenvalue weighted by atomic mass is 10.2. The maximum atomic E-state index is 12.4. The molecule has 2 aromatic heterocycles. The standard InChI is InChI=1S/C17H21ClN4O4/c1-17(2,3)26-16(24)21(4)14-7-13(18)20-15-11(8-19-22(14)15)12(23)9-25-10-5-6-10/h7-8,10H,5-6,9H2,1-4H3. The molecule has 0 unspecified atom stereocenters. The lowest BCUT2D eigenvalue weighted by molar-refractivity contribution is 0.0587. The van der Waals surface area contributed by atoms with E-state index in [1.54, 1.807) is 27.8 Å². The zero-order chi connectivity index (χ0) is 19.1. The second-order valence-electron chi connectivity index (χ2n) is 7.20. The molecule has 26 heavy (non-hydrogen) atoms. The molecule has 0 radical (unpaired) electrons. The normalized spacial score (nSPS) is 14.5. The van der Waals surface area contributed by atoms with Crippen molar-refractivity contribution in [2.75, 3.05) is 18.6 Å². The summed E-state index contributed by atoms with van der Waals surface area (Å²) in [7, 11) is 1.54. The minimum absolute atomic E-state index is 0.0303. The lowest BCUT2D eigenvalue weighted by Gasteiger charge is -2.24. The Balaban J connectivity index is 1.91. The van der Waals surface area contributed by atoms with Crippen LogP contribution >= 0.6 is 11.6 Å². The molecule has 0 saturated heterocycles. The van der Waals surface area contributed by atoms with Crippen molar-refractivity contribution >= 4 is 34.9 Å². The van der Waals surface area contributed by atoms with Crippen molar-refractivity contribution in [3.05, 3.63) is 23.0 Å². The number of carbonyl (C=O) groups is 2. The number of amides is 1. The first kappa shape index (κ1) is 18.6. The molecule has 140 valence electrons. The SMILES string of the molecule is CN(C(=O)OC(C)(C)C)c1cc(Cl)nc2c(C(=O)COC3CC3)cnn12. The third-order valence-corrected chi connectivity index (χ3v) is 3.90. The molecule has 1 amide bonds. The van der Waals surface area contributed by atoms with Crippen molar-refractivity contribution in [2.24, 2.45) is 0 Å². The molecule has 0 aromatic carbocycles. The molecule has 0 spiro atoms. The molecule has 0 N–H and O–H groups in total. The fourth-order valence-corrected chi connectivity index (χ4v) is 2.46. The Labute approximate surface area is 156 Å². The molecule has 0 aliphatic heterocycles. The van der Waals surface area contributed by atoms with Gasteiger partial charge in [0, 0.05) is 13.1 Å². The number of aromatic nitrogens is 3. The maximum absolute atomic E-state index is 12.4. The van der Waals surface area contributed by atoms with E-state index in [1.165, 1.54) is 21.7 Å². The minimum Gasteiger partial charge on any atom is -0.443 e. The highest BCUT2D eigenvalue weighted by molar-refractivity contribution is 6.30. The fourth-order valence-electron chi connectivity index (χ4n) is 2.28. The average Bonchev–Trinajstić information content (AvgIpc) is 3.27. The van der Waals surface area contributed by atoms with Gasteiger partial charge in [0.05, 0.1) is 17.9 Å². The molecule has 2 aromatic rings. The van der Waals surface area contributed by atoms with Gasteiger partial charge in [0.15, 0.2) is 11.4 Å². The van der Waals surface area contributed by atoms with E-state index in [1.807, 2.05) is 0 Å². The van der Waals surface area contributed by atoms with Gasteiger partial charge >= 0.3 is 6.09 Å². The molecule has 8 nitrogen and oxygen atoms in total. The highest BCUT2D eigenvalue weighted by Crippen LogP contribution is 2.25. The van der Waals surface area contributed by atoms with Gasteiger partial charge in [0.2, 0.25) is 0 Å². The Bertz CT molecular complexity index is 854. The van der Waals surface area contributed by atoms with Crippen LogP contribution in [0.1, 0.15) is 44.0 Å². The zero-order valence-electron chi connectivity index (χ0n) is 15.2. The van der Waals surface area contributed by atoms with Crippen molar-refractivity contribution < 1.29 is 19.1 Å². The van der Waals surface area contributed by atoms with Crippen LogP contribution in [0.2, 0.25) is 5.15 Å². The number of hydrogen-bond acceptors (Lipinski definition) is 6. The second-order valence-corrected chi connectivity index (χ2v) is 7.59. The average molecular weight is 381 g/mol. The first-order chi connectivity index (χ1) is 12.2. The predicted octanol–water partition coefficient (Wildman–Crippen LogP) is 3.12. The third-order valence-electron chi connectivity index (χ3n) is 3.71. The second kappa shape index (κ2) is 6.85. The van der Waals surface area contributed by atoms with Crippen LogP contribution in [0.3, 0.4) is 0 Å². The quantitative estimate of drug-likeness (QED) is 0.585. The first-order valence-corrected chi connectivity index (χ1v) is 8.69. The van der Waals surface area contributed by atoms with E-state index in [9.17, 15) is 9.59 Å². The molecule has 1 fully saturated rings. The summed E-state index contributed by atoms with van der Waals surface area (Å²) in [4.78, 5) is 30.2. The van der Waals surface area contributed by atoms with Gasteiger partial charge in [-0.25, -0.2) is 9.78 Å². The molecule has 0 bridgehead atoms. The van der Waals surface area contributed by atoms with Gasteiger partial charge in [-0.05, 0) is 33.6 Å². The van der Waals surface area contributed by atoms with Crippen LogP contribution in [0.5, 0.6) is 0 Å². The Kier molecular flexibility index (Phi) is 4.90. The largest absolute Gasteiger partial charge is 0.443 e. The predicted molar refractivity (Wildman–Crippen MR) is 95.9 cm³/mol. The summed E-state index contributed by atoms with van der Waals surface area (Å²) in [6, 6.07) is 1.49. The van der Waals surface area contributed by atoms with Crippen LogP contribution in [0.15, 0.2) is 12.3 Å². The van der Waals surface area contributed by atoms with Crippen LogP contribution in [0.4, 0.5) is 10.6 Å². The van der Waals surface area contributed by atoms with E-state index in [-0.39, 0.29) is 29.3 Å². The number of rotatable bonds is 5. The molecule has 9 heteroatoms. The molecular formula is C17H21ClN4O4. The number of halogens is 1.